The summed E-state index contributed by atoms with van der Waals surface area (Å²) in [6.07, 6.45) is 1.52. The van der Waals surface area contributed by atoms with Crippen molar-refractivity contribution in [1.29, 1.82) is 0 Å². The van der Waals surface area contributed by atoms with Crippen LogP contribution in [0.15, 0.2) is 48.5 Å². The van der Waals surface area contributed by atoms with E-state index in [9.17, 15) is 13.6 Å². The van der Waals surface area contributed by atoms with Gasteiger partial charge in [-0.2, -0.15) is 8.78 Å². The fraction of sp³-hybridized carbons (Fsp3) is 0.111. The number of carbonyl (C=O) groups excluding carboxylic acids is 1. The number of alkyl halides is 2. The molecule has 0 atom stereocenters. The number of hydrogen-bond donors (Lipinski definition) is 0. The molecule has 0 bridgehead atoms. The predicted molar refractivity (Wildman–Crippen MR) is 92.5 cm³/mol. The Balaban J connectivity index is 2.01. The minimum Gasteiger partial charge on any atom is -0.465 e. The Morgan fingerprint density at radius 3 is 2.52 bits per heavy atom. The van der Waals surface area contributed by atoms with E-state index in [1.54, 1.807) is 48.5 Å². The molecule has 3 aromatic rings. The third-order valence-electron chi connectivity index (χ3n) is 3.63. The summed E-state index contributed by atoms with van der Waals surface area (Å²) in [5.74, 6) is -0.476. The first-order valence-electron chi connectivity index (χ1n) is 7.32. The standard InChI is InChI=1S/C18H13ClF2N2O2/c1-25-17(24)12-8-6-11(7-9-12)10-13(19)16-22-14-4-2-3-5-15(14)23(16)18(20)21/h2-10,18H,1H3/b13-10+. The molecule has 1 heterocycles. The van der Waals surface area contributed by atoms with Crippen LogP contribution in [0.3, 0.4) is 0 Å². The van der Waals surface area contributed by atoms with Gasteiger partial charge in [0.05, 0.1) is 28.7 Å². The van der Waals surface area contributed by atoms with Gasteiger partial charge in [-0.25, -0.2) is 9.78 Å². The maximum atomic E-state index is 13.5. The van der Waals surface area contributed by atoms with Crippen LogP contribution in [0, 0.1) is 0 Å². The van der Waals surface area contributed by atoms with Crippen LogP contribution in [0.25, 0.3) is 22.1 Å². The quantitative estimate of drug-likeness (QED) is 0.616. The van der Waals surface area contributed by atoms with E-state index in [2.05, 4.69) is 9.72 Å². The largest absolute Gasteiger partial charge is 0.465 e. The number of hydrogen-bond acceptors (Lipinski definition) is 3. The van der Waals surface area contributed by atoms with E-state index < -0.39 is 12.5 Å². The number of imidazole rings is 1. The fourth-order valence-electron chi connectivity index (χ4n) is 2.45. The average Bonchev–Trinajstić information content (AvgIpc) is 3.01. The zero-order chi connectivity index (χ0) is 18.0. The lowest BCUT2D eigenvalue weighted by atomic mass is 10.1. The molecular formula is C18H13ClF2N2O2. The minimum atomic E-state index is -2.77. The van der Waals surface area contributed by atoms with Crippen molar-refractivity contribution >= 4 is 39.7 Å². The third-order valence-corrected chi connectivity index (χ3v) is 3.91. The van der Waals surface area contributed by atoms with Crippen molar-refractivity contribution in [3.05, 3.63) is 65.5 Å². The van der Waals surface area contributed by atoms with Gasteiger partial charge in [0.1, 0.15) is 0 Å². The number of carbonyl (C=O) groups is 1. The Bertz CT molecular complexity index is 949. The molecular weight excluding hydrogens is 350 g/mol. The van der Waals surface area contributed by atoms with E-state index >= 15 is 0 Å². The van der Waals surface area contributed by atoms with Crippen LogP contribution < -0.4 is 0 Å². The van der Waals surface area contributed by atoms with E-state index in [1.165, 1.54) is 13.2 Å². The molecule has 25 heavy (non-hydrogen) atoms. The van der Waals surface area contributed by atoms with Gasteiger partial charge < -0.3 is 4.74 Å². The topological polar surface area (TPSA) is 44.1 Å². The number of nitrogens with zero attached hydrogens (tertiary/aromatic N) is 2. The van der Waals surface area contributed by atoms with Crippen molar-refractivity contribution in [1.82, 2.24) is 9.55 Å². The Hall–Kier alpha value is -2.73. The maximum absolute atomic E-state index is 13.5. The molecule has 0 amide bonds. The van der Waals surface area contributed by atoms with Gasteiger partial charge in [0.25, 0.3) is 0 Å². The number of halogens is 3. The predicted octanol–water partition coefficient (Wildman–Crippen LogP) is 4.95. The van der Waals surface area contributed by atoms with E-state index in [-0.39, 0.29) is 10.9 Å². The molecule has 0 radical (unpaired) electrons. The van der Waals surface area contributed by atoms with Gasteiger partial charge in [-0.1, -0.05) is 35.9 Å². The highest BCUT2D eigenvalue weighted by atomic mass is 35.5. The summed E-state index contributed by atoms with van der Waals surface area (Å²) >= 11 is 6.24. The molecule has 0 spiro atoms. The molecule has 4 nitrogen and oxygen atoms in total. The zero-order valence-corrected chi connectivity index (χ0v) is 13.9. The number of ether oxygens (including phenoxy) is 1. The van der Waals surface area contributed by atoms with Crippen molar-refractivity contribution in [2.45, 2.75) is 6.55 Å². The summed E-state index contributed by atoms with van der Waals surface area (Å²) in [5.41, 5.74) is 1.77. The first kappa shape index (κ1) is 17.1. The summed E-state index contributed by atoms with van der Waals surface area (Å²) in [6, 6.07) is 13.0. The summed E-state index contributed by atoms with van der Waals surface area (Å²) in [7, 11) is 1.29. The fourth-order valence-corrected chi connectivity index (χ4v) is 2.71. The third kappa shape index (κ3) is 3.39. The van der Waals surface area contributed by atoms with Crippen LogP contribution in [0.1, 0.15) is 28.3 Å². The Morgan fingerprint density at radius 1 is 1.20 bits per heavy atom. The molecule has 0 saturated heterocycles. The van der Waals surface area contributed by atoms with E-state index in [1.807, 2.05) is 0 Å². The van der Waals surface area contributed by atoms with Gasteiger partial charge >= 0.3 is 12.5 Å². The highest BCUT2D eigenvalue weighted by molar-refractivity contribution is 6.50. The van der Waals surface area contributed by atoms with Crippen LogP contribution >= 0.6 is 11.6 Å². The Labute approximate surface area is 147 Å². The molecule has 0 unspecified atom stereocenters. The maximum Gasteiger partial charge on any atom is 0.337 e. The number of methoxy groups -OCH3 is 1. The molecule has 1 aromatic heterocycles. The summed E-state index contributed by atoms with van der Waals surface area (Å²) in [5, 5.41) is 0.0716. The molecule has 3 rings (SSSR count). The molecule has 0 aliphatic carbocycles. The van der Waals surface area contributed by atoms with E-state index in [0.717, 1.165) is 4.57 Å². The Kier molecular flexibility index (Phi) is 4.81. The molecule has 0 saturated carbocycles. The minimum absolute atomic E-state index is 0.0186. The molecule has 0 aliphatic rings. The van der Waals surface area contributed by atoms with Crippen LogP contribution in [0.2, 0.25) is 0 Å². The highest BCUT2D eigenvalue weighted by Crippen LogP contribution is 2.30. The number of rotatable bonds is 4. The zero-order valence-electron chi connectivity index (χ0n) is 13.1. The number of fused-ring (bicyclic) bond motifs is 1. The number of benzene rings is 2. The second-order valence-corrected chi connectivity index (χ2v) is 5.58. The highest BCUT2D eigenvalue weighted by Gasteiger charge is 2.19. The number of aromatic nitrogens is 2. The van der Waals surface area contributed by atoms with Gasteiger partial charge in [-0.05, 0) is 35.9 Å². The van der Waals surface area contributed by atoms with Crippen molar-refractivity contribution in [3.8, 4) is 0 Å². The van der Waals surface area contributed by atoms with Gasteiger partial charge in [0, 0.05) is 0 Å². The van der Waals surface area contributed by atoms with Crippen LogP contribution in [-0.2, 0) is 4.74 Å². The van der Waals surface area contributed by atoms with Gasteiger partial charge in [-0.15, -0.1) is 0 Å². The second kappa shape index (κ2) is 7.03. The molecule has 0 fully saturated rings. The van der Waals surface area contributed by atoms with E-state index in [0.29, 0.717) is 22.2 Å². The van der Waals surface area contributed by atoms with Crippen LogP contribution in [-0.4, -0.2) is 22.6 Å². The van der Waals surface area contributed by atoms with Gasteiger partial charge in [0.15, 0.2) is 5.82 Å². The molecule has 128 valence electrons. The number of esters is 1. The average molecular weight is 363 g/mol. The van der Waals surface area contributed by atoms with Crippen molar-refractivity contribution in [2.75, 3.05) is 7.11 Å². The summed E-state index contributed by atoms with van der Waals surface area (Å²) in [6.45, 7) is -2.77. The van der Waals surface area contributed by atoms with Gasteiger partial charge in [-0.3, -0.25) is 4.57 Å². The molecule has 2 aromatic carbocycles. The van der Waals surface area contributed by atoms with Crippen molar-refractivity contribution < 1.29 is 18.3 Å². The summed E-state index contributed by atoms with van der Waals surface area (Å²) in [4.78, 5) is 15.6. The smallest absolute Gasteiger partial charge is 0.337 e. The normalized spacial score (nSPS) is 12.0. The van der Waals surface area contributed by atoms with Crippen molar-refractivity contribution in [3.63, 3.8) is 0 Å². The molecule has 0 N–H and O–H groups in total. The Morgan fingerprint density at radius 2 is 1.88 bits per heavy atom. The lowest BCUT2D eigenvalue weighted by Crippen LogP contribution is -2.02. The van der Waals surface area contributed by atoms with Gasteiger partial charge in [0.2, 0.25) is 0 Å². The van der Waals surface area contributed by atoms with Crippen LogP contribution in [0.4, 0.5) is 8.78 Å². The van der Waals surface area contributed by atoms with E-state index in [4.69, 9.17) is 11.6 Å². The summed E-state index contributed by atoms with van der Waals surface area (Å²) < 4.78 is 32.3. The van der Waals surface area contributed by atoms with Crippen LogP contribution in [0.5, 0.6) is 0 Å². The first-order valence-corrected chi connectivity index (χ1v) is 7.70. The lowest BCUT2D eigenvalue weighted by Gasteiger charge is -2.07. The monoisotopic (exact) mass is 362 g/mol. The van der Waals surface area contributed by atoms with Crippen molar-refractivity contribution in [2.24, 2.45) is 0 Å². The molecule has 7 heteroatoms. The first-order chi connectivity index (χ1) is 12.0. The number of para-hydroxylation sites is 2. The second-order valence-electron chi connectivity index (χ2n) is 5.18. The SMILES string of the molecule is COC(=O)c1ccc(/C=C(/Cl)c2nc3ccccc3n2C(F)F)cc1. The molecule has 0 aliphatic heterocycles. The lowest BCUT2D eigenvalue weighted by molar-refractivity contribution is 0.0600.